The molecule has 6 nitrogen and oxygen atoms in total. The average Bonchev–Trinajstić information content (AvgIpc) is 3.43. The molecule has 0 amide bonds. The van der Waals surface area contributed by atoms with Gasteiger partial charge in [0.15, 0.2) is 0 Å². The Balaban J connectivity index is 1.67. The summed E-state index contributed by atoms with van der Waals surface area (Å²) in [6.07, 6.45) is 4.25. The first kappa shape index (κ1) is 19.2. The summed E-state index contributed by atoms with van der Waals surface area (Å²) < 4.78 is 1.89. The molecule has 0 saturated carbocycles. The Morgan fingerprint density at radius 2 is 1.74 bits per heavy atom. The minimum atomic E-state index is 0.130. The fraction of sp³-hybridized carbons (Fsp3) is 0.160. The van der Waals surface area contributed by atoms with Gasteiger partial charge >= 0.3 is 0 Å². The molecule has 2 aromatic carbocycles. The van der Waals surface area contributed by atoms with E-state index >= 15 is 0 Å². The van der Waals surface area contributed by atoms with Crippen molar-refractivity contribution in [2.24, 2.45) is 0 Å². The van der Waals surface area contributed by atoms with Gasteiger partial charge in [0.05, 0.1) is 5.69 Å². The summed E-state index contributed by atoms with van der Waals surface area (Å²) in [5.41, 5.74) is 7.80. The third kappa shape index (κ3) is 3.73. The number of hydrogen-bond donors (Lipinski definition) is 2. The van der Waals surface area contributed by atoms with Crippen molar-refractivity contribution in [1.29, 1.82) is 0 Å². The lowest BCUT2D eigenvalue weighted by Crippen LogP contribution is -2.00. The third-order valence-corrected chi connectivity index (χ3v) is 5.40. The fourth-order valence-corrected chi connectivity index (χ4v) is 3.79. The van der Waals surface area contributed by atoms with E-state index in [4.69, 9.17) is 5.10 Å². The molecule has 0 fully saturated rings. The number of H-pyrrole nitrogens is 1. The van der Waals surface area contributed by atoms with Gasteiger partial charge in [0.2, 0.25) is 0 Å². The number of aromatic nitrogens is 5. The molecule has 0 atom stereocenters. The van der Waals surface area contributed by atoms with Crippen molar-refractivity contribution >= 4 is 11.0 Å². The van der Waals surface area contributed by atoms with Crippen LogP contribution in [0, 0.1) is 6.92 Å². The molecule has 31 heavy (non-hydrogen) atoms. The second-order valence-electron chi connectivity index (χ2n) is 7.63. The van der Waals surface area contributed by atoms with E-state index in [1.807, 2.05) is 29.1 Å². The zero-order chi connectivity index (χ0) is 21.2. The predicted octanol–water partition coefficient (Wildman–Crippen LogP) is 4.85. The van der Waals surface area contributed by atoms with Crippen LogP contribution in [0.15, 0.2) is 73.2 Å². The summed E-state index contributed by atoms with van der Waals surface area (Å²) in [4.78, 5) is 12.5. The number of rotatable bonds is 6. The van der Waals surface area contributed by atoms with Crippen molar-refractivity contribution < 1.29 is 5.11 Å². The van der Waals surface area contributed by atoms with Gasteiger partial charge in [0.1, 0.15) is 17.7 Å². The highest BCUT2D eigenvalue weighted by Crippen LogP contribution is 2.35. The Labute approximate surface area is 180 Å². The van der Waals surface area contributed by atoms with Gasteiger partial charge in [-0.05, 0) is 25.0 Å². The predicted molar refractivity (Wildman–Crippen MR) is 122 cm³/mol. The molecule has 0 aliphatic heterocycles. The number of nitrogens with zero attached hydrogens (tertiary/aromatic N) is 4. The summed E-state index contributed by atoms with van der Waals surface area (Å²) in [6, 6.07) is 20.6. The van der Waals surface area contributed by atoms with Crippen LogP contribution in [0.1, 0.15) is 12.0 Å². The lowest BCUT2D eigenvalue weighted by Gasteiger charge is -2.04. The van der Waals surface area contributed by atoms with E-state index in [0.717, 1.165) is 44.8 Å². The molecule has 0 bridgehead atoms. The molecule has 2 N–H and O–H groups in total. The smallest absolute Gasteiger partial charge is 0.141 e. The Hall–Kier alpha value is -3.77. The maximum Gasteiger partial charge on any atom is 0.141 e. The summed E-state index contributed by atoms with van der Waals surface area (Å²) in [5.74, 6) is 0. The van der Waals surface area contributed by atoms with E-state index in [0.29, 0.717) is 13.0 Å². The van der Waals surface area contributed by atoms with Crippen LogP contribution in [-0.4, -0.2) is 36.4 Å². The van der Waals surface area contributed by atoms with Crippen LogP contribution in [0.25, 0.3) is 44.8 Å². The van der Waals surface area contributed by atoms with Crippen molar-refractivity contribution in [3.8, 4) is 33.8 Å². The second-order valence-corrected chi connectivity index (χ2v) is 7.63. The molecule has 6 heteroatoms. The van der Waals surface area contributed by atoms with Gasteiger partial charge in [-0.15, -0.1) is 0 Å². The Morgan fingerprint density at radius 3 is 2.52 bits per heavy atom. The van der Waals surface area contributed by atoms with Crippen LogP contribution >= 0.6 is 0 Å². The number of benzene rings is 2. The van der Waals surface area contributed by atoms with E-state index in [2.05, 4.69) is 64.3 Å². The zero-order valence-corrected chi connectivity index (χ0v) is 17.3. The highest BCUT2D eigenvalue weighted by molar-refractivity contribution is 5.97. The van der Waals surface area contributed by atoms with Gasteiger partial charge in [0.25, 0.3) is 0 Å². The monoisotopic (exact) mass is 409 g/mol. The summed E-state index contributed by atoms with van der Waals surface area (Å²) >= 11 is 0. The zero-order valence-electron chi connectivity index (χ0n) is 17.3. The Kier molecular flexibility index (Phi) is 5.06. The van der Waals surface area contributed by atoms with Crippen molar-refractivity contribution in [1.82, 2.24) is 24.7 Å². The number of hydrogen-bond acceptors (Lipinski definition) is 4. The van der Waals surface area contributed by atoms with Crippen molar-refractivity contribution in [3.63, 3.8) is 0 Å². The first-order valence-corrected chi connectivity index (χ1v) is 10.4. The van der Waals surface area contributed by atoms with Gasteiger partial charge < -0.3 is 10.1 Å². The van der Waals surface area contributed by atoms with E-state index in [9.17, 15) is 5.11 Å². The number of aliphatic hydroxyl groups is 1. The summed E-state index contributed by atoms with van der Waals surface area (Å²) in [6.45, 7) is 2.85. The van der Waals surface area contributed by atoms with Crippen LogP contribution in [0.2, 0.25) is 0 Å². The molecular formula is C25H23N5O. The third-order valence-electron chi connectivity index (χ3n) is 5.40. The quantitative estimate of drug-likeness (QED) is 0.420. The Bertz CT molecular complexity index is 1320. The van der Waals surface area contributed by atoms with Gasteiger partial charge in [-0.2, -0.15) is 5.10 Å². The minimum absolute atomic E-state index is 0.130. The highest BCUT2D eigenvalue weighted by atomic mass is 16.3. The summed E-state index contributed by atoms with van der Waals surface area (Å²) in [7, 11) is 0. The first-order chi connectivity index (χ1) is 15.2. The number of fused-ring (bicyclic) bond motifs is 1. The van der Waals surface area contributed by atoms with Crippen LogP contribution in [0.5, 0.6) is 0 Å². The van der Waals surface area contributed by atoms with E-state index in [1.165, 1.54) is 5.56 Å². The van der Waals surface area contributed by atoms with Gasteiger partial charge in [0, 0.05) is 41.6 Å². The SMILES string of the molecule is Cc1ccc(-c2nn(CCCO)cc2-c2ncnc3[nH]c(-c4ccccc4)cc23)cc1. The molecule has 0 aliphatic carbocycles. The Morgan fingerprint density at radius 1 is 0.935 bits per heavy atom. The summed E-state index contributed by atoms with van der Waals surface area (Å²) in [5, 5.41) is 15.0. The standard InChI is InChI=1S/C25H23N5O/c1-17-8-10-19(11-9-17)23-21(15-30(29-23)12-5-13-31)24-20-14-22(18-6-3-2-4-7-18)28-25(20)27-16-26-24/h2-4,6-11,14-16,31H,5,12-13H2,1H3,(H,26,27,28). The van der Waals surface area contributed by atoms with E-state index in [-0.39, 0.29) is 6.61 Å². The number of nitrogens with one attached hydrogen (secondary N) is 1. The molecule has 154 valence electrons. The highest BCUT2D eigenvalue weighted by Gasteiger charge is 2.18. The number of aromatic amines is 1. The molecule has 0 unspecified atom stereocenters. The van der Waals surface area contributed by atoms with Gasteiger partial charge in [-0.25, -0.2) is 9.97 Å². The first-order valence-electron chi connectivity index (χ1n) is 10.4. The average molecular weight is 409 g/mol. The van der Waals surface area contributed by atoms with Crippen LogP contribution in [0.3, 0.4) is 0 Å². The molecule has 0 spiro atoms. The maximum absolute atomic E-state index is 9.25. The molecule has 0 radical (unpaired) electrons. The van der Waals surface area contributed by atoms with Crippen molar-refractivity contribution in [3.05, 3.63) is 78.8 Å². The van der Waals surface area contributed by atoms with Crippen LogP contribution in [-0.2, 0) is 6.54 Å². The molecule has 5 rings (SSSR count). The van der Waals surface area contributed by atoms with E-state index < -0.39 is 0 Å². The van der Waals surface area contributed by atoms with Crippen molar-refractivity contribution in [2.75, 3.05) is 6.61 Å². The largest absolute Gasteiger partial charge is 0.396 e. The van der Waals surface area contributed by atoms with Gasteiger partial charge in [-0.3, -0.25) is 4.68 Å². The molecule has 3 heterocycles. The van der Waals surface area contributed by atoms with Crippen LogP contribution < -0.4 is 0 Å². The van der Waals surface area contributed by atoms with E-state index in [1.54, 1.807) is 6.33 Å². The molecular weight excluding hydrogens is 386 g/mol. The maximum atomic E-state index is 9.25. The number of aryl methyl sites for hydroxylation is 2. The second kappa shape index (κ2) is 8.16. The minimum Gasteiger partial charge on any atom is -0.396 e. The van der Waals surface area contributed by atoms with Crippen LogP contribution in [0.4, 0.5) is 0 Å². The molecule has 0 saturated heterocycles. The normalized spacial score (nSPS) is 11.3. The molecule has 5 aromatic rings. The topological polar surface area (TPSA) is 79.6 Å². The van der Waals surface area contributed by atoms with Crippen molar-refractivity contribution in [2.45, 2.75) is 19.9 Å². The lowest BCUT2D eigenvalue weighted by molar-refractivity contribution is 0.277. The lowest BCUT2D eigenvalue weighted by atomic mass is 10.0. The fourth-order valence-electron chi connectivity index (χ4n) is 3.79. The molecule has 3 aromatic heterocycles. The number of aliphatic hydroxyl groups excluding tert-OH is 1. The molecule has 0 aliphatic rings. The van der Waals surface area contributed by atoms with Gasteiger partial charge in [-0.1, -0.05) is 60.2 Å².